The SMILES string of the molecule is Cc1ccc(C#Cc2ccc3c(c2)CCCC3=O)cc1.Cc1cccc(C#Cc2ccc3c(c2)CCCC3=O)c1.O=C1CCCc2cc(C#Cc3cc(F)cc(F)c3)ccc21.O=C1CCCc2cc(C#Cc3ccc(F)cc3F)ccc21.O=C1CCCc2cc(C#Cc3cccc(Cl)c3)ccc21.O=C1CCCc2cc(C#Cc3ccncc3)ccc21. The van der Waals surface area contributed by atoms with Gasteiger partial charge in [0.05, 0.1) is 5.56 Å². The highest BCUT2D eigenvalue weighted by Crippen LogP contribution is 2.29. The fraction of sp³-hybridized carbons (Fsp3) is 0.183. The molecule has 0 spiro atoms. The predicted molar refractivity (Wildman–Crippen MR) is 469 cm³/mol. The summed E-state index contributed by atoms with van der Waals surface area (Å²) in [5.41, 5.74) is 23.7. The zero-order valence-electron chi connectivity index (χ0n) is 67.1. The summed E-state index contributed by atoms with van der Waals surface area (Å²) < 4.78 is 52.5. The van der Waals surface area contributed by atoms with Gasteiger partial charge < -0.3 is 0 Å². The van der Waals surface area contributed by atoms with E-state index in [0.717, 1.165) is 212 Å². The zero-order valence-corrected chi connectivity index (χ0v) is 67.9. The van der Waals surface area contributed by atoms with Crippen molar-refractivity contribution in [1.29, 1.82) is 0 Å². The number of fused-ring (bicyclic) bond motifs is 6. The number of hydrogen-bond acceptors (Lipinski definition) is 7. The molecule has 11 aromatic carbocycles. The average molecular weight is 1610 g/mol. The predicted octanol–water partition coefficient (Wildman–Crippen LogP) is 22.9. The number of ketones is 6. The number of nitrogens with zero attached hydrogens (tertiary/aromatic N) is 1. The van der Waals surface area contributed by atoms with Crippen molar-refractivity contribution in [3.8, 4) is 71.0 Å². The molecular weight excluding hydrogens is 1530 g/mol. The highest BCUT2D eigenvalue weighted by Gasteiger charge is 2.22. The lowest BCUT2D eigenvalue weighted by atomic mass is 9.89. The van der Waals surface area contributed by atoms with E-state index >= 15 is 0 Å². The second kappa shape index (κ2) is 41.4. The van der Waals surface area contributed by atoms with E-state index in [1.807, 2.05) is 133 Å². The Bertz CT molecular complexity index is 6290. The fourth-order valence-corrected chi connectivity index (χ4v) is 15.0. The van der Waals surface area contributed by atoms with Gasteiger partial charge in [-0.25, -0.2) is 17.6 Å². The lowest BCUT2D eigenvalue weighted by Crippen LogP contribution is -2.10. The van der Waals surface area contributed by atoms with Crippen molar-refractivity contribution < 1.29 is 46.3 Å². The molecule has 12 aromatic rings. The summed E-state index contributed by atoms with van der Waals surface area (Å²) in [4.78, 5) is 74.5. The molecule has 0 N–H and O–H groups in total. The Morgan fingerprint density at radius 3 is 0.884 bits per heavy atom. The van der Waals surface area contributed by atoms with Crippen LogP contribution in [-0.4, -0.2) is 39.7 Å². The molecule has 0 bridgehead atoms. The summed E-state index contributed by atoms with van der Waals surface area (Å²) in [6.07, 6.45) is 18.5. The van der Waals surface area contributed by atoms with Crippen molar-refractivity contribution in [3.63, 3.8) is 0 Å². The van der Waals surface area contributed by atoms with Crippen LogP contribution >= 0.6 is 11.6 Å². The first kappa shape index (κ1) is 84.9. The van der Waals surface area contributed by atoms with Gasteiger partial charge in [0.1, 0.15) is 23.3 Å². The van der Waals surface area contributed by atoms with Crippen molar-refractivity contribution in [2.75, 3.05) is 0 Å². The van der Waals surface area contributed by atoms with Gasteiger partial charge in [0.25, 0.3) is 0 Å². The van der Waals surface area contributed by atoms with E-state index in [-0.39, 0.29) is 40.3 Å². The Labute approximate surface area is 709 Å². The number of aromatic nitrogens is 1. The molecule has 1 aromatic heterocycles. The number of aryl methyl sites for hydroxylation is 8. The largest absolute Gasteiger partial charge is 0.294 e. The molecule has 6 aliphatic carbocycles. The van der Waals surface area contributed by atoms with Crippen LogP contribution < -0.4 is 0 Å². The minimum atomic E-state index is -0.671. The molecule has 0 fully saturated rings. The molecule has 0 radical (unpaired) electrons. The van der Waals surface area contributed by atoms with E-state index in [1.54, 1.807) is 36.7 Å². The van der Waals surface area contributed by atoms with Gasteiger partial charge in [0, 0.05) is 163 Å². The highest BCUT2D eigenvalue weighted by molar-refractivity contribution is 6.30. The molecule has 0 amide bonds. The Balaban J connectivity index is 0.000000125. The molecule has 121 heavy (non-hydrogen) atoms. The van der Waals surface area contributed by atoms with E-state index in [1.165, 1.54) is 35.4 Å². The van der Waals surface area contributed by atoms with Crippen molar-refractivity contribution in [2.45, 2.75) is 129 Å². The molecule has 0 saturated carbocycles. The summed E-state index contributed by atoms with van der Waals surface area (Å²) in [6, 6.07) is 68.6. The lowest BCUT2D eigenvalue weighted by Gasteiger charge is -2.14. The molecule has 7 nitrogen and oxygen atoms in total. The van der Waals surface area contributed by atoms with Crippen LogP contribution in [0.4, 0.5) is 17.6 Å². The third kappa shape index (κ3) is 24.3. The first-order valence-corrected chi connectivity index (χ1v) is 40.9. The van der Waals surface area contributed by atoms with Crippen LogP contribution in [0.3, 0.4) is 0 Å². The summed E-state index contributed by atoms with van der Waals surface area (Å²) in [5, 5.41) is 0.688. The van der Waals surface area contributed by atoms with Gasteiger partial charge in [0.2, 0.25) is 0 Å². The van der Waals surface area contributed by atoms with Crippen LogP contribution in [0.2, 0.25) is 5.02 Å². The number of hydrogen-bond donors (Lipinski definition) is 0. The van der Waals surface area contributed by atoms with Crippen LogP contribution in [0.15, 0.2) is 243 Å². The standard InChI is InChI=1S/2C19H16O.C18H13ClO.2C18H12F2O.C17H13NO/c1-14-4-2-5-15(12-14)8-9-16-10-11-18-17(13-16)6-3-7-19(18)20;1-14-5-7-15(8-6-14)9-10-16-11-12-18-17(13-16)3-2-4-19(18)20;19-16-5-1-3-13(12-16)7-8-14-9-10-17-15(11-14)4-2-6-18(17)20;19-15-8-7-13(17(20)11-15)6-4-12-5-9-16-14(10-12)2-1-3-18(16)21;19-15-9-13(10-16(20)11-15)5-4-12-6-7-17-14(8-12)2-1-3-18(17)21;19-17-3-1-2-15-12-14(6-7-16(15)17)5-4-13-8-10-18-11-9-13/h2,4-5,10-13H,3,6-7H2,1H3;5-8,11-13H,2-4H2,1H3;1,3,5,9-12H,2,4,6H2;5,7-11H,1-3H2;6-11H,1-3H2;6-12H,1-3H2. The minimum Gasteiger partial charge on any atom is -0.294 e. The smallest absolute Gasteiger partial charge is 0.163 e. The van der Waals surface area contributed by atoms with Crippen molar-refractivity contribution in [2.24, 2.45) is 0 Å². The number of pyridine rings is 1. The third-order valence-corrected chi connectivity index (χ3v) is 21.2. The topological polar surface area (TPSA) is 115 Å². The first-order valence-electron chi connectivity index (χ1n) is 40.5. The van der Waals surface area contributed by atoms with Crippen LogP contribution in [0.1, 0.15) is 250 Å². The Morgan fingerprint density at radius 2 is 0.545 bits per heavy atom. The molecule has 1 heterocycles. The van der Waals surface area contributed by atoms with Crippen molar-refractivity contribution >= 4 is 46.3 Å². The maximum Gasteiger partial charge on any atom is 0.163 e. The third-order valence-electron chi connectivity index (χ3n) is 21.0. The molecule has 0 aliphatic heterocycles. The summed E-state index contributed by atoms with van der Waals surface area (Å²) in [5.74, 6) is 35.2. The number of carbonyl (C=O) groups is 6. The van der Waals surface area contributed by atoms with E-state index < -0.39 is 23.3 Å². The normalized spacial score (nSPS) is 13.3. The number of benzene rings is 11. The maximum absolute atomic E-state index is 13.5. The maximum atomic E-state index is 13.5. The van der Waals surface area contributed by atoms with Gasteiger partial charge in [-0.2, -0.15) is 0 Å². The molecule has 12 heteroatoms. The van der Waals surface area contributed by atoms with Gasteiger partial charge in [-0.05, 0) is 318 Å². The van der Waals surface area contributed by atoms with Gasteiger partial charge in [-0.15, -0.1) is 0 Å². The molecule has 18 rings (SSSR count). The van der Waals surface area contributed by atoms with Crippen LogP contribution in [0.25, 0.3) is 0 Å². The summed E-state index contributed by atoms with van der Waals surface area (Å²) in [7, 11) is 0. The van der Waals surface area contributed by atoms with E-state index in [0.29, 0.717) is 49.1 Å². The quantitative estimate of drug-likeness (QED) is 0.110. The van der Waals surface area contributed by atoms with E-state index in [9.17, 15) is 46.3 Å². The molecule has 594 valence electrons. The van der Waals surface area contributed by atoms with E-state index in [4.69, 9.17) is 11.6 Å². The molecular formula is C109H82ClF4NO6. The minimum absolute atomic E-state index is 0.158. The van der Waals surface area contributed by atoms with Gasteiger partial charge in [-0.3, -0.25) is 33.8 Å². The Kier molecular flexibility index (Phi) is 29.0. The van der Waals surface area contributed by atoms with Gasteiger partial charge in [-0.1, -0.05) is 119 Å². The number of Topliss-reactive ketones (excluding diaryl/α,β-unsaturated/α-hetero) is 6. The molecule has 0 unspecified atom stereocenters. The average Bonchev–Trinajstić information content (AvgIpc) is 0.843. The second-order valence-corrected chi connectivity index (χ2v) is 30.6. The molecule has 6 aliphatic rings. The fourth-order valence-electron chi connectivity index (χ4n) is 14.8. The summed E-state index contributed by atoms with van der Waals surface area (Å²) >= 11 is 5.93. The molecule has 0 atom stereocenters. The van der Waals surface area contributed by atoms with Gasteiger partial charge >= 0.3 is 0 Å². The summed E-state index contributed by atoms with van der Waals surface area (Å²) in [6.45, 7) is 4.13. The number of carbonyl (C=O) groups excluding carboxylic acids is 6. The number of rotatable bonds is 0. The second-order valence-electron chi connectivity index (χ2n) is 30.2. The van der Waals surface area contributed by atoms with Crippen LogP contribution in [0.5, 0.6) is 0 Å². The first-order chi connectivity index (χ1) is 58.7. The van der Waals surface area contributed by atoms with Crippen LogP contribution in [-0.2, 0) is 38.5 Å². The van der Waals surface area contributed by atoms with Gasteiger partial charge in [0.15, 0.2) is 34.7 Å². The Morgan fingerprint density at radius 1 is 0.248 bits per heavy atom. The molecule has 0 saturated heterocycles. The van der Waals surface area contributed by atoms with Crippen LogP contribution in [0, 0.1) is 108 Å². The van der Waals surface area contributed by atoms with E-state index in [2.05, 4.69) is 126 Å². The van der Waals surface area contributed by atoms with Crippen molar-refractivity contribution in [3.05, 3.63) is 416 Å². The highest BCUT2D eigenvalue weighted by atomic mass is 35.5. The van der Waals surface area contributed by atoms with Crippen molar-refractivity contribution in [1.82, 2.24) is 4.98 Å². The monoisotopic (exact) mass is 1610 g/mol. The Hall–Kier alpha value is -14.0. The lowest BCUT2D eigenvalue weighted by molar-refractivity contribution is 0.0964. The number of halogens is 5. The zero-order chi connectivity index (χ0) is 84.6.